The van der Waals surface area contributed by atoms with Gasteiger partial charge in [0.1, 0.15) is 11.6 Å². The molecule has 0 spiro atoms. The Balaban J connectivity index is 2.37. The smallest absolute Gasteiger partial charge is 0.225 e. The first-order valence-corrected chi connectivity index (χ1v) is 5.61. The number of carbonyl (C=O) groups excluding carboxylic acids is 1. The molecule has 5 nitrogen and oxygen atoms in total. The molecule has 0 aliphatic carbocycles. The average Bonchev–Trinajstić information content (AvgIpc) is 2.32. The number of amides is 1. The van der Waals surface area contributed by atoms with Gasteiger partial charge in [-0.3, -0.25) is 4.79 Å². The standard InChI is InChI=1S/C12H15FN2O3/c1-7-5-9(10(18-2)6-8(7)13)15-4-3-11(16)14-12(15)17/h5-6,12,17H,3-4H2,1-2H3,(H,14,16). The van der Waals surface area contributed by atoms with Crippen molar-refractivity contribution in [1.29, 1.82) is 0 Å². The van der Waals surface area contributed by atoms with Gasteiger partial charge >= 0.3 is 0 Å². The number of carbonyl (C=O) groups is 1. The van der Waals surface area contributed by atoms with E-state index < -0.39 is 6.35 Å². The minimum Gasteiger partial charge on any atom is -0.494 e. The van der Waals surface area contributed by atoms with E-state index in [4.69, 9.17) is 4.74 Å². The quantitative estimate of drug-likeness (QED) is 0.817. The molecule has 1 atom stereocenters. The van der Waals surface area contributed by atoms with Crippen LogP contribution in [0.3, 0.4) is 0 Å². The van der Waals surface area contributed by atoms with Gasteiger partial charge in [-0.2, -0.15) is 0 Å². The lowest BCUT2D eigenvalue weighted by atomic mass is 10.1. The highest BCUT2D eigenvalue weighted by Gasteiger charge is 2.27. The summed E-state index contributed by atoms with van der Waals surface area (Å²) in [5.74, 6) is -0.254. The third kappa shape index (κ3) is 2.24. The van der Waals surface area contributed by atoms with Crippen molar-refractivity contribution in [3.05, 3.63) is 23.5 Å². The Labute approximate surface area is 104 Å². The normalized spacial score (nSPS) is 19.7. The molecule has 1 aromatic carbocycles. The summed E-state index contributed by atoms with van der Waals surface area (Å²) in [6, 6.07) is 2.86. The maximum Gasteiger partial charge on any atom is 0.225 e. The van der Waals surface area contributed by atoms with Crippen LogP contribution in [0.5, 0.6) is 5.75 Å². The van der Waals surface area contributed by atoms with Crippen LogP contribution >= 0.6 is 0 Å². The highest BCUT2D eigenvalue weighted by molar-refractivity contribution is 5.79. The number of ether oxygens (including phenoxy) is 1. The Hall–Kier alpha value is -1.82. The number of aliphatic hydroxyl groups is 1. The van der Waals surface area contributed by atoms with Gasteiger partial charge in [0, 0.05) is 19.0 Å². The lowest BCUT2D eigenvalue weighted by molar-refractivity contribution is -0.125. The number of nitrogens with one attached hydrogen (secondary N) is 1. The van der Waals surface area contributed by atoms with E-state index in [1.54, 1.807) is 17.9 Å². The lowest BCUT2D eigenvalue weighted by Crippen LogP contribution is -2.54. The van der Waals surface area contributed by atoms with E-state index in [-0.39, 0.29) is 18.1 Å². The van der Waals surface area contributed by atoms with Crippen LogP contribution in [-0.4, -0.2) is 31.0 Å². The molecule has 6 heteroatoms. The number of hydrogen-bond acceptors (Lipinski definition) is 4. The summed E-state index contributed by atoms with van der Waals surface area (Å²) >= 11 is 0. The SMILES string of the molecule is COc1cc(F)c(C)cc1N1CCC(=O)NC1O. The van der Waals surface area contributed by atoms with E-state index in [9.17, 15) is 14.3 Å². The summed E-state index contributed by atoms with van der Waals surface area (Å²) in [4.78, 5) is 12.7. The number of halogens is 1. The van der Waals surface area contributed by atoms with Gasteiger partial charge in [0.15, 0.2) is 0 Å². The number of nitrogens with zero attached hydrogens (tertiary/aromatic N) is 1. The number of benzene rings is 1. The molecule has 2 rings (SSSR count). The summed E-state index contributed by atoms with van der Waals surface area (Å²) in [5.41, 5.74) is 1.01. The van der Waals surface area contributed by atoms with E-state index in [1.807, 2.05) is 0 Å². The molecule has 18 heavy (non-hydrogen) atoms. The maximum atomic E-state index is 13.4. The summed E-state index contributed by atoms with van der Waals surface area (Å²) in [7, 11) is 1.43. The summed E-state index contributed by atoms with van der Waals surface area (Å²) in [6.45, 7) is 1.99. The molecular weight excluding hydrogens is 239 g/mol. The van der Waals surface area contributed by atoms with Crippen molar-refractivity contribution in [2.45, 2.75) is 19.7 Å². The second-order valence-electron chi connectivity index (χ2n) is 4.16. The second kappa shape index (κ2) is 4.81. The number of hydrogen-bond donors (Lipinski definition) is 2. The molecule has 1 saturated heterocycles. The lowest BCUT2D eigenvalue weighted by Gasteiger charge is -2.35. The van der Waals surface area contributed by atoms with Gasteiger partial charge in [-0.1, -0.05) is 0 Å². The first-order chi connectivity index (χ1) is 8.52. The van der Waals surface area contributed by atoms with Crippen LogP contribution in [0.1, 0.15) is 12.0 Å². The molecule has 2 N–H and O–H groups in total. The summed E-state index contributed by atoms with van der Waals surface area (Å²) in [6.07, 6.45) is -0.846. The van der Waals surface area contributed by atoms with E-state index in [0.717, 1.165) is 0 Å². The van der Waals surface area contributed by atoms with Crippen molar-refractivity contribution in [1.82, 2.24) is 5.32 Å². The molecule has 1 aliphatic heterocycles. The van der Waals surface area contributed by atoms with Crippen LogP contribution in [0, 0.1) is 12.7 Å². The molecule has 1 fully saturated rings. The monoisotopic (exact) mass is 254 g/mol. The van der Waals surface area contributed by atoms with Gasteiger partial charge < -0.3 is 20.1 Å². The fourth-order valence-corrected chi connectivity index (χ4v) is 1.93. The average molecular weight is 254 g/mol. The van der Waals surface area contributed by atoms with Gasteiger partial charge in [0.25, 0.3) is 0 Å². The third-order valence-electron chi connectivity index (χ3n) is 2.93. The van der Waals surface area contributed by atoms with Crippen molar-refractivity contribution < 1.29 is 19.0 Å². The molecule has 0 saturated carbocycles. The Morgan fingerprint density at radius 2 is 2.28 bits per heavy atom. The first-order valence-electron chi connectivity index (χ1n) is 5.61. The van der Waals surface area contributed by atoms with Gasteiger partial charge in [-0.05, 0) is 18.6 Å². The number of aliphatic hydroxyl groups excluding tert-OH is 1. The third-order valence-corrected chi connectivity index (χ3v) is 2.93. The van der Waals surface area contributed by atoms with Crippen LogP contribution in [-0.2, 0) is 4.79 Å². The Morgan fingerprint density at radius 1 is 1.56 bits per heavy atom. The van der Waals surface area contributed by atoms with E-state index >= 15 is 0 Å². The maximum absolute atomic E-state index is 13.4. The number of anilines is 1. The Kier molecular flexibility index (Phi) is 3.38. The molecule has 0 bridgehead atoms. The van der Waals surface area contributed by atoms with Crippen molar-refractivity contribution in [3.63, 3.8) is 0 Å². The second-order valence-corrected chi connectivity index (χ2v) is 4.16. The minimum absolute atomic E-state index is 0.212. The van der Waals surface area contributed by atoms with Crippen LogP contribution in [0.15, 0.2) is 12.1 Å². The van der Waals surface area contributed by atoms with Crippen LogP contribution in [0.25, 0.3) is 0 Å². The Bertz CT molecular complexity index is 479. The molecule has 0 aromatic heterocycles. The number of methoxy groups -OCH3 is 1. The summed E-state index contributed by atoms with van der Waals surface area (Å²) in [5, 5.41) is 12.2. The zero-order chi connectivity index (χ0) is 13.3. The fourth-order valence-electron chi connectivity index (χ4n) is 1.93. The number of aryl methyl sites for hydroxylation is 1. The minimum atomic E-state index is -1.12. The molecule has 1 heterocycles. The van der Waals surface area contributed by atoms with E-state index in [0.29, 0.717) is 23.5 Å². The molecule has 1 unspecified atom stereocenters. The zero-order valence-corrected chi connectivity index (χ0v) is 10.2. The molecule has 1 amide bonds. The van der Waals surface area contributed by atoms with E-state index in [2.05, 4.69) is 5.32 Å². The van der Waals surface area contributed by atoms with Gasteiger partial charge in [0.05, 0.1) is 12.8 Å². The van der Waals surface area contributed by atoms with Gasteiger partial charge in [-0.25, -0.2) is 4.39 Å². The Morgan fingerprint density at radius 3 is 2.89 bits per heavy atom. The number of rotatable bonds is 2. The van der Waals surface area contributed by atoms with Crippen LogP contribution in [0.4, 0.5) is 10.1 Å². The van der Waals surface area contributed by atoms with Gasteiger partial charge in [0.2, 0.25) is 12.3 Å². The van der Waals surface area contributed by atoms with Crippen molar-refractivity contribution in [2.24, 2.45) is 0 Å². The highest BCUT2D eigenvalue weighted by Crippen LogP contribution is 2.32. The van der Waals surface area contributed by atoms with Crippen LogP contribution in [0.2, 0.25) is 0 Å². The summed E-state index contributed by atoms with van der Waals surface area (Å²) < 4.78 is 18.5. The van der Waals surface area contributed by atoms with Crippen molar-refractivity contribution in [2.75, 3.05) is 18.6 Å². The van der Waals surface area contributed by atoms with Gasteiger partial charge in [-0.15, -0.1) is 0 Å². The zero-order valence-electron chi connectivity index (χ0n) is 10.2. The van der Waals surface area contributed by atoms with Crippen molar-refractivity contribution in [3.8, 4) is 5.75 Å². The predicted molar refractivity (Wildman–Crippen MR) is 63.8 cm³/mol. The predicted octanol–water partition coefficient (Wildman–Crippen LogP) is 0.745. The fraction of sp³-hybridized carbons (Fsp3) is 0.417. The van der Waals surface area contributed by atoms with E-state index in [1.165, 1.54) is 13.2 Å². The first kappa shape index (κ1) is 12.6. The van der Waals surface area contributed by atoms with Crippen molar-refractivity contribution >= 4 is 11.6 Å². The highest BCUT2D eigenvalue weighted by atomic mass is 19.1. The molecular formula is C12H15FN2O3. The molecule has 1 aromatic rings. The molecule has 0 radical (unpaired) electrons. The molecule has 1 aliphatic rings. The topological polar surface area (TPSA) is 61.8 Å². The largest absolute Gasteiger partial charge is 0.494 e. The van der Waals surface area contributed by atoms with Crippen LogP contribution < -0.4 is 15.0 Å². The molecule has 98 valence electrons.